The van der Waals surface area contributed by atoms with Crippen LogP contribution < -0.4 is 25.0 Å². The Morgan fingerprint density at radius 2 is 1.75 bits per heavy atom. The Kier molecular flexibility index (Phi) is 13.3. The second kappa shape index (κ2) is 18.6. The summed E-state index contributed by atoms with van der Waals surface area (Å²) in [6.45, 7) is 8.37. The summed E-state index contributed by atoms with van der Waals surface area (Å²) in [5, 5.41) is 34.1. The molecule has 2 saturated heterocycles. The molecule has 4 heterocycles. The number of amides is 5. The lowest BCUT2D eigenvalue weighted by molar-refractivity contribution is -0.144. The third kappa shape index (κ3) is 10.3. The number of fused-ring (bicyclic) bond motifs is 1. The van der Waals surface area contributed by atoms with E-state index in [1.807, 2.05) is 38.1 Å². The highest BCUT2D eigenvalue weighted by Gasteiger charge is 2.45. The van der Waals surface area contributed by atoms with Gasteiger partial charge in [-0.2, -0.15) is 13.5 Å². The van der Waals surface area contributed by atoms with E-state index < -0.39 is 87.1 Å². The van der Waals surface area contributed by atoms with Gasteiger partial charge in [0.25, 0.3) is 5.91 Å². The molecule has 0 unspecified atom stereocenters. The number of anilines is 1. The van der Waals surface area contributed by atoms with E-state index in [-0.39, 0.29) is 55.7 Å². The van der Waals surface area contributed by atoms with Gasteiger partial charge >= 0.3 is 10.2 Å². The zero-order valence-corrected chi connectivity index (χ0v) is 37.9. The highest BCUT2D eigenvalue weighted by atomic mass is 32.2. The van der Waals surface area contributed by atoms with Crippen LogP contribution in [0.15, 0.2) is 66.4 Å². The van der Waals surface area contributed by atoms with Gasteiger partial charge in [-0.1, -0.05) is 57.2 Å². The summed E-state index contributed by atoms with van der Waals surface area (Å²) in [5.41, 5.74) is 4.18. The molecule has 4 atom stereocenters. The number of phenols is 1. The number of benzene rings is 3. The first kappa shape index (κ1) is 46.5. The van der Waals surface area contributed by atoms with Crippen molar-refractivity contribution in [1.82, 2.24) is 40.3 Å². The van der Waals surface area contributed by atoms with Crippen LogP contribution in [0.3, 0.4) is 0 Å². The van der Waals surface area contributed by atoms with Gasteiger partial charge in [0.05, 0.1) is 34.4 Å². The Balaban J connectivity index is 0.903. The minimum absolute atomic E-state index is 0.0218. The number of likely N-dealkylation sites (tertiary alicyclic amines) is 1. The SMILES string of the molecule is Cc1ncsc1-c1ccc([C@H](C)NC(=O)[C@@H]2C[C@@H](O)CN2C(=O)[C@@H](NC(=O)CCCNC(=O)Cn2cc(-c3ccc4cc(O)c(N5CC(=O)NS5(=O)=O)c(F)c4c3)cn2)C(C)(C)C)cc1. The van der Waals surface area contributed by atoms with Crippen LogP contribution in [-0.4, -0.2) is 106 Å². The second-order valence-electron chi connectivity index (χ2n) is 17.3. The number of nitrogens with zero attached hydrogens (tertiary/aromatic N) is 5. The minimum atomic E-state index is -4.39. The van der Waals surface area contributed by atoms with Crippen molar-refractivity contribution in [2.75, 3.05) is 23.9 Å². The number of rotatable bonds is 14. The fourth-order valence-corrected chi connectivity index (χ4v) is 9.89. The van der Waals surface area contributed by atoms with Crippen LogP contribution in [0, 0.1) is 18.2 Å². The molecule has 5 aromatic rings. The first-order chi connectivity index (χ1) is 30.7. The molecule has 2 fully saturated rings. The van der Waals surface area contributed by atoms with E-state index in [9.17, 15) is 42.6 Å². The van der Waals surface area contributed by atoms with Gasteiger partial charge in [0.1, 0.15) is 36.6 Å². The summed E-state index contributed by atoms with van der Waals surface area (Å²) >= 11 is 1.55. The van der Waals surface area contributed by atoms with Gasteiger partial charge in [0, 0.05) is 43.1 Å². The van der Waals surface area contributed by atoms with Crippen LogP contribution in [0.1, 0.15) is 64.3 Å². The number of phenolic OH excluding ortho intramolecular Hbond substituents is 1. The molecule has 3 aromatic carbocycles. The number of halogens is 1. The average molecular weight is 932 g/mol. The van der Waals surface area contributed by atoms with Gasteiger partial charge in [-0.25, -0.2) is 18.4 Å². The molecular weight excluding hydrogens is 882 g/mol. The van der Waals surface area contributed by atoms with Gasteiger partial charge in [-0.05, 0) is 59.9 Å². The predicted molar refractivity (Wildman–Crippen MR) is 240 cm³/mol. The van der Waals surface area contributed by atoms with Gasteiger partial charge in [0.2, 0.25) is 23.6 Å². The molecule has 0 bridgehead atoms. The molecule has 7 rings (SSSR count). The summed E-state index contributed by atoms with van der Waals surface area (Å²) < 4.78 is 44.1. The number of aromatic hydroxyl groups is 1. The fraction of sp³-hybridized carbons (Fsp3) is 0.386. The second-order valence-corrected chi connectivity index (χ2v) is 19.7. The number of aliphatic hydroxyl groups excluding tert-OH is 1. The molecule has 2 aliphatic rings. The maximum absolute atomic E-state index is 15.8. The number of carbonyl (C=O) groups excluding carboxylic acids is 5. The van der Waals surface area contributed by atoms with Crippen molar-refractivity contribution in [3.05, 3.63) is 83.5 Å². The molecule has 2 aromatic heterocycles. The number of carbonyl (C=O) groups is 5. The molecule has 0 radical (unpaired) electrons. The maximum atomic E-state index is 15.8. The molecule has 6 N–H and O–H groups in total. The van der Waals surface area contributed by atoms with E-state index in [2.05, 4.69) is 26.0 Å². The lowest BCUT2D eigenvalue weighted by Crippen LogP contribution is -2.57. The number of aromatic nitrogens is 3. The summed E-state index contributed by atoms with van der Waals surface area (Å²) in [5.74, 6) is -4.32. The predicted octanol–water partition coefficient (Wildman–Crippen LogP) is 3.43. The third-order valence-electron chi connectivity index (χ3n) is 11.3. The Morgan fingerprint density at radius 3 is 2.42 bits per heavy atom. The lowest BCUT2D eigenvalue weighted by Gasteiger charge is -2.35. The molecule has 0 saturated carbocycles. The Labute approximate surface area is 378 Å². The van der Waals surface area contributed by atoms with Crippen molar-refractivity contribution in [3.8, 4) is 27.3 Å². The highest BCUT2D eigenvalue weighted by Crippen LogP contribution is 2.40. The van der Waals surface area contributed by atoms with Crippen LogP contribution in [-0.2, 0) is 40.7 Å². The monoisotopic (exact) mass is 931 g/mol. The maximum Gasteiger partial charge on any atom is 0.326 e. The van der Waals surface area contributed by atoms with E-state index >= 15 is 4.39 Å². The normalized spacial score (nSPS) is 18.0. The minimum Gasteiger partial charge on any atom is -0.506 e. The molecule has 21 heteroatoms. The number of aryl methyl sites for hydroxylation is 1. The zero-order chi connectivity index (χ0) is 47.0. The number of β-amino-alcohol motifs (C(OH)–C–C–N with tert-alkyl or cyclic N) is 1. The van der Waals surface area contributed by atoms with E-state index in [1.165, 1.54) is 34.0 Å². The standard InChI is InChI=1S/C44H50FN9O9S2/c1-24(26-8-10-27(11-9-26)40-25(2)47-23-64-40)49-42(60)33-17-31(55)20-53(33)43(61)41(44(3,4)5)50-35(57)7-6-14-46-36(58)21-52-19-30(18-48-52)28-12-13-29-16-34(56)39(38(45)32(29)15-28)54-22-37(59)51-65(54,62)63/h8-13,15-16,18-19,23-24,31,33,41,55-56H,6-7,14,17,20-22H2,1-5H3,(H,46,58)(H,49,60)(H,50,57)(H,51,59)/t24-,31+,33-,41+/m0/s1. The third-order valence-corrected chi connectivity index (χ3v) is 13.7. The van der Waals surface area contributed by atoms with E-state index in [0.717, 1.165) is 21.7 Å². The molecular formula is C44H50FN9O9S2. The smallest absolute Gasteiger partial charge is 0.326 e. The Bertz CT molecular complexity index is 2770. The van der Waals surface area contributed by atoms with Crippen molar-refractivity contribution in [2.24, 2.45) is 5.41 Å². The van der Waals surface area contributed by atoms with Crippen LogP contribution >= 0.6 is 11.3 Å². The summed E-state index contributed by atoms with van der Waals surface area (Å²) in [7, 11) is -4.39. The highest BCUT2D eigenvalue weighted by molar-refractivity contribution is 7.92. The van der Waals surface area contributed by atoms with Gasteiger partial charge in [0.15, 0.2) is 5.82 Å². The largest absolute Gasteiger partial charge is 0.506 e. The van der Waals surface area contributed by atoms with Gasteiger partial charge in [-0.15, -0.1) is 11.3 Å². The zero-order valence-electron chi connectivity index (χ0n) is 36.3. The molecule has 2 aliphatic heterocycles. The lowest BCUT2D eigenvalue weighted by atomic mass is 9.85. The quantitative estimate of drug-likeness (QED) is 0.0882. The average Bonchev–Trinajstić information content (AvgIpc) is 4.04. The summed E-state index contributed by atoms with van der Waals surface area (Å²) in [4.78, 5) is 72.2. The number of hydrogen-bond donors (Lipinski definition) is 6. The molecule has 18 nitrogen and oxygen atoms in total. The molecule has 0 aliphatic carbocycles. The molecule has 65 heavy (non-hydrogen) atoms. The molecule has 5 amide bonds. The number of thiazole rings is 1. The number of hydrogen-bond acceptors (Lipinski definition) is 12. The topological polar surface area (TPSA) is 245 Å². The Morgan fingerprint density at radius 1 is 1.03 bits per heavy atom. The number of aliphatic hydroxyl groups is 1. The van der Waals surface area contributed by atoms with Crippen molar-refractivity contribution in [2.45, 2.75) is 84.7 Å². The van der Waals surface area contributed by atoms with Crippen LogP contribution in [0.4, 0.5) is 10.1 Å². The van der Waals surface area contributed by atoms with Crippen molar-refractivity contribution < 1.29 is 47.0 Å². The van der Waals surface area contributed by atoms with Crippen LogP contribution in [0.5, 0.6) is 5.75 Å². The van der Waals surface area contributed by atoms with Crippen molar-refractivity contribution >= 4 is 67.5 Å². The van der Waals surface area contributed by atoms with Crippen LogP contribution in [0.2, 0.25) is 0 Å². The first-order valence-corrected chi connectivity index (χ1v) is 23.2. The summed E-state index contributed by atoms with van der Waals surface area (Å²) in [6.07, 6.45) is 2.36. The number of nitrogens with one attached hydrogen (secondary N) is 4. The summed E-state index contributed by atoms with van der Waals surface area (Å²) in [6, 6.07) is 11.3. The van der Waals surface area contributed by atoms with Crippen molar-refractivity contribution in [1.29, 1.82) is 0 Å². The van der Waals surface area contributed by atoms with Crippen molar-refractivity contribution in [3.63, 3.8) is 0 Å². The molecule has 344 valence electrons. The molecule has 0 spiro atoms. The Hall–Kier alpha value is -6.45. The van der Waals surface area contributed by atoms with Crippen LogP contribution in [0.25, 0.3) is 32.3 Å². The first-order valence-electron chi connectivity index (χ1n) is 20.9. The van der Waals surface area contributed by atoms with Gasteiger partial charge < -0.3 is 31.1 Å². The van der Waals surface area contributed by atoms with E-state index in [0.29, 0.717) is 15.4 Å². The van der Waals surface area contributed by atoms with E-state index in [1.54, 1.807) is 54.6 Å². The van der Waals surface area contributed by atoms with Gasteiger partial charge in [-0.3, -0.25) is 28.7 Å². The fourth-order valence-electron chi connectivity index (χ4n) is 7.92. The van der Waals surface area contributed by atoms with E-state index in [4.69, 9.17) is 0 Å².